The molecule has 1 unspecified atom stereocenters. The van der Waals surface area contributed by atoms with E-state index in [1.54, 1.807) is 6.07 Å². The first-order valence-corrected chi connectivity index (χ1v) is 5.60. The van der Waals surface area contributed by atoms with E-state index in [-0.39, 0.29) is 12.5 Å². The molecule has 0 aliphatic rings. The summed E-state index contributed by atoms with van der Waals surface area (Å²) in [4.78, 5) is 15.5. The van der Waals surface area contributed by atoms with Crippen LogP contribution in [0.1, 0.15) is 0 Å². The smallest absolute Gasteiger partial charge is 0.254 e. The number of nitrogens with zero attached hydrogens (tertiary/aromatic N) is 1. The van der Waals surface area contributed by atoms with Gasteiger partial charge in [-0.1, -0.05) is 11.6 Å². The molecule has 1 aromatic heterocycles. The van der Waals surface area contributed by atoms with E-state index < -0.39 is 6.10 Å². The van der Waals surface area contributed by atoms with Gasteiger partial charge in [-0.25, -0.2) is 4.98 Å². The van der Waals surface area contributed by atoms with Gasteiger partial charge in [0.05, 0.1) is 16.4 Å². The molecule has 1 amide bonds. The number of carbonyl (C=O) groups is 1. The summed E-state index contributed by atoms with van der Waals surface area (Å²) in [5.74, 6) is -0.318. The Balaban J connectivity index is 2.73. The number of hydrogen-bond donors (Lipinski definition) is 2. The SMILES string of the molecule is COC(CN)C(=O)Nc1cnc(Cl)c(Br)c1. The van der Waals surface area contributed by atoms with Crippen LogP contribution in [-0.2, 0) is 9.53 Å². The first-order chi connectivity index (χ1) is 7.58. The maximum Gasteiger partial charge on any atom is 0.254 e. The van der Waals surface area contributed by atoms with E-state index in [9.17, 15) is 4.79 Å². The van der Waals surface area contributed by atoms with Crippen LogP contribution in [0.3, 0.4) is 0 Å². The highest BCUT2D eigenvalue weighted by atomic mass is 79.9. The average molecular weight is 309 g/mol. The van der Waals surface area contributed by atoms with Crippen molar-refractivity contribution in [1.29, 1.82) is 0 Å². The Morgan fingerprint density at radius 1 is 1.81 bits per heavy atom. The predicted octanol–water partition coefficient (Wildman–Crippen LogP) is 1.41. The van der Waals surface area contributed by atoms with Crippen molar-refractivity contribution < 1.29 is 9.53 Å². The number of aromatic nitrogens is 1. The molecule has 1 heterocycles. The molecule has 1 rings (SSSR count). The highest BCUT2D eigenvalue weighted by Gasteiger charge is 2.16. The summed E-state index contributed by atoms with van der Waals surface area (Å²) in [5.41, 5.74) is 5.88. The lowest BCUT2D eigenvalue weighted by atomic mass is 10.3. The summed E-state index contributed by atoms with van der Waals surface area (Å²) in [7, 11) is 1.42. The van der Waals surface area contributed by atoms with E-state index >= 15 is 0 Å². The summed E-state index contributed by atoms with van der Waals surface area (Å²) in [5, 5.41) is 2.95. The number of halogens is 2. The Kier molecular flexibility index (Phi) is 5.14. The number of rotatable bonds is 4. The number of methoxy groups -OCH3 is 1. The van der Waals surface area contributed by atoms with E-state index in [0.717, 1.165) is 0 Å². The number of carbonyl (C=O) groups excluding carboxylic acids is 1. The van der Waals surface area contributed by atoms with Crippen molar-refractivity contribution in [3.63, 3.8) is 0 Å². The van der Waals surface area contributed by atoms with Gasteiger partial charge in [-0.2, -0.15) is 0 Å². The van der Waals surface area contributed by atoms with Crippen LogP contribution in [0, 0.1) is 0 Å². The minimum Gasteiger partial charge on any atom is -0.370 e. The molecule has 0 spiro atoms. The molecule has 3 N–H and O–H groups in total. The third-order valence-electron chi connectivity index (χ3n) is 1.85. The van der Waals surface area contributed by atoms with Crippen molar-refractivity contribution in [2.75, 3.05) is 19.0 Å². The van der Waals surface area contributed by atoms with Gasteiger partial charge < -0.3 is 15.8 Å². The fraction of sp³-hybridized carbons (Fsp3) is 0.333. The third-order valence-corrected chi connectivity index (χ3v) is 2.99. The molecular formula is C9H11BrClN3O2. The zero-order valence-electron chi connectivity index (χ0n) is 8.54. The molecule has 1 atom stereocenters. The molecule has 5 nitrogen and oxygen atoms in total. The van der Waals surface area contributed by atoms with Crippen LogP contribution in [0.25, 0.3) is 0 Å². The maximum absolute atomic E-state index is 11.6. The second-order valence-corrected chi connectivity index (χ2v) is 4.16. The molecular weight excluding hydrogens is 297 g/mol. The van der Waals surface area contributed by atoms with Crippen LogP contribution in [0.5, 0.6) is 0 Å². The van der Waals surface area contributed by atoms with Crippen LogP contribution < -0.4 is 11.1 Å². The zero-order chi connectivity index (χ0) is 12.1. The first-order valence-electron chi connectivity index (χ1n) is 4.43. The summed E-state index contributed by atoms with van der Waals surface area (Å²) in [6.07, 6.45) is 0.781. The molecule has 0 aliphatic carbocycles. The largest absolute Gasteiger partial charge is 0.370 e. The number of anilines is 1. The van der Waals surface area contributed by atoms with E-state index in [1.807, 2.05) is 0 Å². The topological polar surface area (TPSA) is 77.2 Å². The van der Waals surface area contributed by atoms with Gasteiger partial charge in [0, 0.05) is 13.7 Å². The van der Waals surface area contributed by atoms with Crippen LogP contribution in [0.15, 0.2) is 16.7 Å². The molecule has 16 heavy (non-hydrogen) atoms. The van der Waals surface area contributed by atoms with Gasteiger partial charge in [0.2, 0.25) is 0 Å². The van der Waals surface area contributed by atoms with Crippen molar-refractivity contribution in [2.24, 2.45) is 5.73 Å². The van der Waals surface area contributed by atoms with Crippen LogP contribution in [0.4, 0.5) is 5.69 Å². The fourth-order valence-electron chi connectivity index (χ4n) is 1.02. The van der Waals surface area contributed by atoms with Crippen molar-refractivity contribution in [1.82, 2.24) is 4.98 Å². The second kappa shape index (κ2) is 6.15. The van der Waals surface area contributed by atoms with Crippen molar-refractivity contribution >= 4 is 39.1 Å². The normalized spacial score (nSPS) is 12.2. The zero-order valence-corrected chi connectivity index (χ0v) is 10.9. The standard InChI is InChI=1S/C9H11BrClN3O2/c1-16-7(3-12)9(15)14-5-2-6(10)8(11)13-4-5/h2,4,7H,3,12H2,1H3,(H,14,15). The molecule has 88 valence electrons. The van der Waals surface area contributed by atoms with Gasteiger partial charge in [0.25, 0.3) is 5.91 Å². The first kappa shape index (κ1) is 13.4. The van der Waals surface area contributed by atoms with Crippen molar-refractivity contribution in [2.45, 2.75) is 6.10 Å². The number of nitrogens with one attached hydrogen (secondary N) is 1. The molecule has 0 saturated carbocycles. The van der Waals surface area contributed by atoms with E-state index in [1.165, 1.54) is 13.3 Å². The van der Waals surface area contributed by atoms with Crippen LogP contribution in [0.2, 0.25) is 5.15 Å². The summed E-state index contributed by atoms with van der Waals surface area (Å²) < 4.78 is 5.50. The minimum atomic E-state index is -0.672. The molecule has 7 heteroatoms. The number of hydrogen-bond acceptors (Lipinski definition) is 4. The maximum atomic E-state index is 11.6. The third kappa shape index (κ3) is 3.41. The Morgan fingerprint density at radius 2 is 2.50 bits per heavy atom. The van der Waals surface area contributed by atoms with Gasteiger partial charge in [-0.05, 0) is 22.0 Å². The lowest BCUT2D eigenvalue weighted by Gasteiger charge is -2.12. The average Bonchev–Trinajstić information content (AvgIpc) is 2.25. The number of pyridine rings is 1. The number of ether oxygens (including phenoxy) is 1. The lowest BCUT2D eigenvalue weighted by molar-refractivity contribution is -0.125. The highest BCUT2D eigenvalue weighted by molar-refractivity contribution is 9.10. The summed E-state index contributed by atoms with van der Waals surface area (Å²) in [6, 6.07) is 1.65. The van der Waals surface area contributed by atoms with Gasteiger partial charge in [0.1, 0.15) is 11.3 Å². The van der Waals surface area contributed by atoms with Gasteiger partial charge in [-0.15, -0.1) is 0 Å². The van der Waals surface area contributed by atoms with E-state index in [4.69, 9.17) is 22.1 Å². The Labute approximate surface area is 106 Å². The fourth-order valence-corrected chi connectivity index (χ4v) is 1.47. The molecule has 1 aromatic rings. The Bertz CT molecular complexity index is 385. The molecule has 0 aliphatic heterocycles. The predicted molar refractivity (Wildman–Crippen MR) is 65.4 cm³/mol. The number of amides is 1. The van der Waals surface area contributed by atoms with Gasteiger partial charge in [-0.3, -0.25) is 4.79 Å². The lowest BCUT2D eigenvalue weighted by Crippen LogP contribution is -2.35. The Hall–Kier alpha value is -0.690. The van der Waals surface area contributed by atoms with Crippen LogP contribution in [-0.4, -0.2) is 30.6 Å². The highest BCUT2D eigenvalue weighted by Crippen LogP contribution is 2.22. The van der Waals surface area contributed by atoms with E-state index in [0.29, 0.717) is 15.3 Å². The molecule has 0 saturated heterocycles. The van der Waals surface area contributed by atoms with Gasteiger partial charge >= 0.3 is 0 Å². The van der Waals surface area contributed by atoms with Crippen LogP contribution >= 0.6 is 27.5 Å². The van der Waals surface area contributed by atoms with E-state index in [2.05, 4.69) is 26.2 Å². The molecule has 0 radical (unpaired) electrons. The second-order valence-electron chi connectivity index (χ2n) is 2.95. The van der Waals surface area contributed by atoms with Crippen molar-refractivity contribution in [3.8, 4) is 0 Å². The molecule has 0 bridgehead atoms. The summed E-state index contributed by atoms with van der Waals surface area (Å²) >= 11 is 8.92. The minimum absolute atomic E-state index is 0.116. The van der Waals surface area contributed by atoms with Gasteiger partial charge in [0.15, 0.2) is 0 Å². The quantitative estimate of drug-likeness (QED) is 0.825. The molecule has 0 fully saturated rings. The summed E-state index contributed by atoms with van der Waals surface area (Å²) in [6.45, 7) is 0.116. The Morgan fingerprint density at radius 3 is 3.00 bits per heavy atom. The molecule has 0 aromatic carbocycles. The number of nitrogens with two attached hydrogens (primary N) is 1. The van der Waals surface area contributed by atoms with Crippen molar-refractivity contribution in [3.05, 3.63) is 21.9 Å². The monoisotopic (exact) mass is 307 g/mol.